The van der Waals surface area contributed by atoms with E-state index in [-0.39, 0.29) is 5.88 Å². The van der Waals surface area contributed by atoms with E-state index in [0.29, 0.717) is 56.5 Å². The molecule has 0 aliphatic rings. The summed E-state index contributed by atoms with van der Waals surface area (Å²) >= 11 is 6.89. The Hall–Kier alpha value is -4.01. The molecule has 0 aliphatic carbocycles. The van der Waals surface area contributed by atoms with Gasteiger partial charge < -0.3 is 14.6 Å². The van der Waals surface area contributed by atoms with Crippen molar-refractivity contribution in [1.82, 2.24) is 25.4 Å². The molecule has 3 heterocycles. The van der Waals surface area contributed by atoms with Crippen LogP contribution < -0.4 is 9.47 Å². The first kappa shape index (κ1) is 24.7. The zero-order valence-corrected chi connectivity index (χ0v) is 21.7. The molecule has 2 N–H and O–H groups in total. The predicted octanol–water partition coefficient (Wildman–Crippen LogP) is 5.20. The number of fused-ring (bicyclic) bond motifs is 1. The lowest BCUT2D eigenvalue weighted by molar-refractivity contribution is 0.119. The number of ether oxygens (including phenoxy) is 2. The van der Waals surface area contributed by atoms with E-state index < -0.39 is 5.60 Å². The Kier molecular flexibility index (Phi) is 6.54. The van der Waals surface area contributed by atoms with Gasteiger partial charge >= 0.3 is 0 Å². The van der Waals surface area contributed by atoms with E-state index in [2.05, 4.69) is 25.4 Å². The summed E-state index contributed by atoms with van der Waals surface area (Å²) < 4.78 is 11.6. The smallest absolute Gasteiger partial charge is 0.258 e. The van der Waals surface area contributed by atoms with Crippen molar-refractivity contribution < 1.29 is 14.6 Å². The summed E-state index contributed by atoms with van der Waals surface area (Å²) in [5.74, 6) is 0.606. The molecular formula is C28H26ClN5O3. The standard InChI is InChI=1S/C28H26ClN5O3/c1-16-10-12-22(17(2)30-16)28(35,26-18(3)32-34-33-26)20-11-13-23-21(14-20)24(29)25(27(31-23)36-4)37-15-19-8-6-5-7-9-19/h5-14,35H,15H2,1-4H3,(H,32,33,34). The van der Waals surface area contributed by atoms with Crippen molar-refractivity contribution in [2.75, 3.05) is 7.11 Å². The Morgan fingerprint density at radius 3 is 2.41 bits per heavy atom. The lowest BCUT2D eigenvalue weighted by Gasteiger charge is -2.29. The average Bonchev–Trinajstić information content (AvgIpc) is 3.34. The fraction of sp³-hybridized carbons (Fsp3) is 0.214. The maximum Gasteiger partial charge on any atom is 0.258 e. The number of methoxy groups -OCH3 is 1. The molecule has 9 heteroatoms. The largest absolute Gasteiger partial charge is 0.482 e. The minimum absolute atomic E-state index is 0.280. The highest BCUT2D eigenvalue weighted by atomic mass is 35.5. The Labute approximate surface area is 219 Å². The summed E-state index contributed by atoms with van der Waals surface area (Å²) in [5, 5.41) is 24.4. The molecule has 0 amide bonds. The number of halogens is 1. The summed E-state index contributed by atoms with van der Waals surface area (Å²) in [6.07, 6.45) is 0. The molecule has 3 aromatic heterocycles. The van der Waals surface area contributed by atoms with E-state index in [1.54, 1.807) is 25.1 Å². The molecule has 0 fully saturated rings. The molecule has 0 bridgehead atoms. The number of nitrogens with zero attached hydrogens (tertiary/aromatic N) is 4. The van der Waals surface area contributed by atoms with Crippen LogP contribution in [0.2, 0.25) is 5.02 Å². The summed E-state index contributed by atoms with van der Waals surface area (Å²) in [7, 11) is 1.52. The van der Waals surface area contributed by atoms with Gasteiger partial charge in [0.1, 0.15) is 12.3 Å². The fourth-order valence-electron chi connectivity index (χ4n) is 4.52. The number of hydrogen-bond donors (Lipinski definition) is 2. The first-order chi connectivity index (χ1) is 17.8. The molecule has 5 aromatic rings. The Balaban J connectivity index is 1.68. The SMILES string of the molecule is COc1nc2ccc(C(O)(c3ccc(C)nc3C)c3n[nH]nc3C)cc2c(Cl)c1OCc1ccccc1. The third-order valence-electron chi connectivity index (χ3n) is 6.37. The van der Waals surface area contributed by atoms with Crippen molar-refractivity contribution in [3.05, 3.63) is 105 Å². The molecule has 8 nitrogen and oxygen atoms in total. The van der Waals surface area contributed by atoms with Gasteiger partial charge in [-0.05, 0) is 50.1 Å². The van der Waals surface area contributed by atoms with Crippen LogP contribution in [0.1, 0.15) is 39.5 Å². The monoisotopic (exact) mass is 515 g/mol. The second kappa shape index (κ2) is 9.80. The number of pyridine rings is 2. The molecule has 188 valence electrons. The molecule has 1 atom stereocenters. The molecule has 0 saturated carbocycles. The zero-order chi connectivity index (χ0) is 26.2. The molecule has 0 radical (unpaired) electrons. The topological polar surface area (TPSA) is 106 Å². The van der Waals surface area contributed by atoms with Crippen LogP contribution in [0.3, 0.4) is 0 Å². The van der Waals surface area contributed by atoms with E-state index in [9.17, 15) is 5.11 Å². The van der Waals surface area contributed by atoms with Crippen LogP contribution in [-0.4, -0.2) is 37.6 Å². The van der Waals surface area contributed by atoms with Crippen LogP contribution in [0.25, 0.3) is 10.9 Å². The second-order valence-corrected chi connectivity index (χ2v) is 9.20. The lowest BCUT2D eigenvalue weighted by atomic mass is 9.81. The second-order valence-electron chi connectivity index (χ2n) is 8.82. The number of rotatable bonds is 7. The van der Waals surface area contributed by atoms with E-state index in [4.69, 9.17) is 21.1 Å². The van der Waals surface area contributed by atoms with Crippen molar-refractivity contribution in [3.63, 3.8) is 0 Å². The van der Waals surface area contributed by atoms with Crippen LogP contribution in [-0.2, 0) is 12.2 Å². The summed E-state index contributed by atoms with van der Waals surface area (Å²) in [4.78, 5) is 9.19. The molecule has 2 aromatic carbocycles. The number of aliphatic hydroxyl groups is 1. The van der Waals surface area contributed by atoms with Crippen LogP contribution in [0.15, 0.2) is 60.7 Å². The molecule has 0 saturated heterocycles. The zero-order valence-electron chi connectivity index (χ0n) is 20.9. The van der Waals surface area contributed by atoms with E-state index >= 15 is 0 Å². The highest BCUT2D eigenvalue weighted by Gasteiger charge is 2.40. The van der Waals surface area contributed by atoms with Gasteiger partial charge in [-0.3, -0.25) is 4.98 Å². The van der Waals surface area contributed by atoms with Gasteiger partial charge in [0.2, 0.25) is 5.75 Å². The Bertz CT molecular complexity index is 1590. The van der Waals surface area contributed by atoms with Crippen molar-refractivity contribution in [2.24, 2.45) is 0 Å². The van der Waals surface area contributed by atoms with Crippen LogP contribution in [0, 0.1) is 20.8 Å². The quantitative estimate of drug-likeness (QED) is 0.307. The van der Waals surface area contributed by atoms with Crippen LogP contribution in [0.5, 0.6) is 11.6 Å². The van der Waals surface area contributed by atoms with Gasteiger partial charge in [0.05, 0.1) is 23.3 Å². The molecule has 37 heavy (non-hydrogen) atoms. The maximum absolute atomic E-state index is 12.4. The van der Waals surface area contributed by atoms with Gasteiger partial charge in [-0.2, -0.15) is 15.4 Å². The van der Waals surface area contributed by atoms with Gasteiger partial charge in [0.25, 0.3) is 5.88 Å². The minimum atomic E-state index is -1.65. The van der Waals surface area contributed by atoms with E-state index in [1.807, 2.05) is 56.3 Å². The molecular weight excluding hydrogens is 490 g/mol. The Morgan fingerprint density at radius 1 is 0.946 bits per heavy atom. The van der Waals surface area contributed by atoms with Crippen molar-refractivity contribution >= 4 is 22.5 Å². The van der Waals surface area contributed by atoms with E-state index in [1.165, 1.54) is 7.11 Å². The van der Waals surface area contributed by atoms with Crippen molar-refractivity contribution in [1.29, 1.82) is 0 Å². The molecule has 1 unspecified atom stereocenters. The molecule has 5 rings (SSSR count). The highest BCUT2D eigenvalue weighted by molar-refractivity contribution is 6.37. The number of hydrogen-bond acceptors (Lipinski definition) is 7. The third kappa shape index (κ3) is 4.39. The first-order valence-corrected chi connectivity index (χ1v) is 12.1. The maximum atomic E-state index is 12.4. The van der Waals surface area contributed by atoms with Crippen molar-refractivity contribution in [2.45, 2.75) is 33.0 Å². The number of aromatic nitrogens is 5. The number of aromatic amines is 1. The molecule has 0 aliphatic heterocycles. The average molecular weight is 516 g/mol. The summed E-state index contributed by atoms with van der Waals surface area (Å²) in [6.45, 7) is 5.85. The lowest BCUT2D eigenvalue weighted by Crippen LogP contribution is -2.31. The van der Waals surface area contributed by atoms with Crippen LogP contribution >= 0.6 is 11.6 Å². The van der Waals surface area contributed by atoms with Crippen LogP contribution in [0.4, 0.5) is 0 Å². The van der Waals surface area contributed by atoms with E-state index in [0.717, 1.165) is 11.3 Å². The molecule has 0 spiro atoms. The first-order valence-electron chi connectivity index (χ1n) is 11.7. The number of H-pyrrole nitrogens is 1. The van der Waals surface area contributed by atoms with Gasteiger partial charge in [-0.25, -0.2) is 4.98 Å². The predicted molar refractivity (Wildman–Crippen MR) is 141 cm³/mol. The van der Waals surface area contributed by atoms with Gasteiger partial charge in [-0.15, -0.1) is 0 Å². The minimum Gasteiger partial charge on any atom is -0.482 e. The van der Waals surface area contributed by atoms with Gasteiger partial charge in [-0.1, -0.05) is 54.1 Å². The normalized spacial score (nSPS) is 12.9. The van der Waals surface area contributed by atoms with Gasteiger partial charge in [0.15, 0.2) is 5.60 Å². The third-order valence-corrected chi connectivity index (χ3v) is 6.74. The van der Waals surface area contributed by atoms with Crippen molar-refractivity contribution in [3.8, 4) is 11.6 Å². The summed E-state index contributed by atoms with van der Waals surface area (Å²) in [5.41, 5.74) is 3.51. The fourth-order valence-corrected chi connectivity index (χ4v) is 4.81. The number of benzene rings is 2. The van der Waals surface area contributed by atoms with Gasteiger partial charge in [0, 0.05) is 22.3 Å². The number of aryl methyl sites for hydroxylation is 3. The number of nitrogens with one attached hydrogen (secondary N) is 1. The highest BCUT2D eigenvalue weighted by Crippen LogP contribution is 2.43. The summed E-state index contributed by atoms with van der Waals surface area (Å²) in [6, 6.07) is 18.9. The Morgan fingerprint density at radius 2 is 1.73 bits per heavy atom.